The number of ether oxygens (including phenoxy) is 4. The second-order valence-electron chi connectivity index (χ2n) is 5.20. The summed E-state index contributed by atoms with van der Waals surface area (Å²) in [5, 5.41) is 16.4. The summed E-state index contributed by atoms with van der Waals surface area (Å²) in [6, 6.07) is 0. The van der Waals surface area contributed by atoms with Crippen LogP contribution in [0, 0.1) is 24.7 Å². The highest BCUT2D eigenvalue weighted by Crippen LogP contribution is 2.04. The zero-order valence-electron chi connectivity index (χ0n) is 16.6. The summed E-state index contributed by atoms with van der Waals surface area (Å²) in [5.74, 6) is 1.48. The number of rotatable bonds is 5. The molecule has 164 valence electrons. The van der Waals surface area contributed by atoms with E-state index in [1.807, 2.05) is 5.92 Å². The molecule has 1 fully saturated rings. The highest BCUT2D eigenvalue weighted by molar-refractivity contribution is 6.04. The molecule has 10 nitrogen and oxygen atoms in total. The number of carbonyl (C=O) groups excluding carboxylic acids is 4. The van der Waals surface area contributed by atoms with Crippen LogP contribution in [-0.4, -0.2) is 72.7 Å². The van der Waals surface area contributed by atoms with E-state index in [4.69, 9.17) is 21.4 Å². The number of hydrogen-bond acceptors (Lipinski definition) is 10. The molecule has 2 atom stereocenters. The third kappa shape index (κ3) is 24.6. The van der Waals surface area contributed by atoms with Crippen LogP contribution >= 0.6 is 0 Å². The van der Waals surface area contributed by atoms with Gasteiger partial charge in [-0.1, -0.05) is 11.8 Å². The molecule has 30 heavy (non-hydrogen) atoms. The third-order valence-electron chi connectivity index (χ3n) is 2.27. The minimum absolute atomic E-state index is 0.122. The Balaban J connectivity index is 0. The fourth-order valence-electron chi connectivity index (χ4n) is 0.947. The maximum absolute atomic E-state index is 10.9. The maximum Gasteiger partial charge on any atom is 0.338 e. The van der Waals surface area contributed by atoms with E-state index in [-0.39, 0.29) is 19.8 Å². The number of epoxide rings is 1. The Hall–Kier alpha value is -3.44. The predicted octanol–water partition coefficient (Wildman–Crippen LogP) is -0.714. The molecular formula is C20H24O10. The van der Waals surface area contributed by atoms with Crippen LogP contribution in [0.5, 0.6) is 0 Å². The lowest BCUT2D eigenvalue weighted by molar-refractivity contribution is -0.150. The van der Waals surface area contributed by atoms with Gasteiger partial charge in [-0.15, -0.1) is 12.8 Å². The molecule has 2 rings (SSSR count). The minimum atomic E-state index is -0.740. The number of hydrogen-bond donors (Lipinski definition) is 2. The number of aliphatic hydroxyl groups is 2. The average Bonchev–Trinajstić information content (AvgIpc) is 3.41. The topological polar surface area (TPSA) is 149 Å². The molecule has 0 aliphatic carbocycles. The van der Waals surface area contributed by atoms with Gasteiger partial charge in [0.2, 0.25) is 0 Å². The second kappa shape index (κ2) is 18.9. The molecule has 2 unspecified atom stereocenters. The summed E-state index contributed by atoms with van der Waals surface area (Å²) in [4.78, 5) is 41.5. The van der Waals surface area contributed by atoms with Gasteiger partial charge in [0.25, 0.3) is 0 Å². The summed E-state index contributed by atoms with van der Waals surface area (Å²) in [6.07, 6.45) is 13.2. The van der Waals surface area contributed by atoms with E-state index in [9.17, 15) is 19.2 Å². The van der Waals surface area contributed by atoms with Crippen molar-refractivity contribution in [2.75, 3.05) is 26.4 Å². The first-order valence-electron chi connectivity index (χ1n) is 8.39. The van der Waals surface area contributed by atoms with E-state index in [2.05, 4.69) is 33.5 Å². The highest BCUT2D eigenvalue weighted by atomic mass is 16.6. The number of aliphatic hydroxyl groups excluding tert-OH is 2. The summed E-state index contributed by atoms with van der Waals surface area (Å²) in [6.45, 7) is 4.09. The van der Waals surface area contributed by atoms with E-state index in [0.717, 1.165) is 30.9 Å². The second-order valence-corrected chi connectivity index (χ2v) is 5.20. The Morgan fingerprint density at radius 3 is 1.90 bits per heavy atom. The SMILES string of the molecule is C#CCO.C#CCOC(=O)/C=C\C(=O)OCC(C)O.CC1CO1.O=C1C=CC(=O)O1. The highest BCUT2D eigenvalue weighted by Gasteiger charge is 2.13. The Kier molecular flexibility index (Phi) is 18.1. The zero-order chi connectivity index (χ0) is 23.4. The molecule has 2 heterocycles. The number of carbonyl (C=O) groups is 4. The van der Waals surface area contributed by atoms with Crippen molar-refractivity contribution in [3.8, 4) is 24.7 Å². The molecule has 0 amide bonds. The smallest absolute Gasteiger partial charge is 0.338 e. The van der Waals surface area contributed by atoms with E-state index in [0.29, 0.717) is 6.10 Å². The van der Waals surface area contributed by atoms with Gasteiger partial charge in [0, 0.05) is 24.3 Å². The van der Waals surface area contributed by atoms with E-state index < -0.39 is 30.0 Å². The van der Waals surface area contributed by atoms with Gasteiger partial charge < -0.3 is 29.2 Å². The van der Waals surface area contributed by atoms with Gasteiger partial charge in [-0.25, -0.2) is 19.2 Å². The van der Waals surface area contributed by atoms with Crippen molar-refractivity contribution < 1.29 is 48.3 Å². The van der Waals surface area contributed by atoms with Gasteiger partial charge in [0.15, 0.2) is 6.61 Å². The number of terminal acetylenes is 2. The predicted molar refractivity (Wildman–Crippen MR) is 103 cm³/mol. The Morgan fingerprint density at radius 1 is 1.20 bits per heavy atom. The van der Waals surface area contributed by atoms with Crippen molar-refractivity contribution in [1.82, 2.24) is 0 Å². The normalized spacial score (nSPS) is 16.0. The van der Waals surface area contributed by atoms with Crippen LogP contribution in [-0.2, 0) is 38.1 Å². The molecule has 0 bridgehead atoms. The minimum Gasteiger partial charge on any atom is -0.460 e. The van der Waals surface area contributed by atoms with Crippen LogP contribution in [0.25, 0.3) is 0 Å². The molecular weight excluding hydrogens is 400 g/mol. The standard InChI is InChI=1S/C10H12O5.C4H2O3.C3H6O.C3H4O/c1-3-6-14-9(12)4-5-10(13)15-7-8(2)11;5-3-1-2-4(6)7-3;1-3-2-4-3;1-2-3-4/h1,4-5,8,11H,6-7H2,2H3;1-2H;3H,2H2,1H3;1,4H,3H2/b5-4-;;;. The zero-order valence-corrected chi connectivity index (χ0v) is 16.6. The quantitative estimate of drug-likeness (QED) is 0.145. The molecule has 0 aromatic carbocycles. The van der Waals surface area contributed by atoms with Crippen molar-refractivity contribution >= 4 is 23.9 Å². The molecule has 0 saturated carbocycles. The van der Waals surface area contributed by atoms with Crippen LogP contribution in [0.1, 0.15) is 13.8 Å². The van der Waals surface area contributed by atoms with Crippen LogP contribution in [0.2, 0.25) is 0 Å². The Morgan fingerprint density at radius 2 is 1.63 bits per heavy atom. The Labute approximate surface area is 174 Å². The molecule has 0 spiro atoms. The van der Waals surface area contributed by atoms with Crippen molar-refractivity contribution in [1.29, 1.82) is 0 Å². The van der Waals surface area contributed by atoms with Crippen molar-refractivity contribution in [2.45, 2.75) is 26.1 Å². The molecule has 1 saturated heterocycles. The molecule has 10 heteroatoms. The van der Waals surface area contributed by atoms with E-state index in [1.165, 1.54) is 6.92 Å². The maximum atomic E-state index is 10.9. The van der Waals surface area contributed by atoms with Gasteiger partial charge in [-0.05, 0) is 13.8 Å². The van der Waals surface area contributed by atoms with Gasteiger partial charge >= 0.3 is 23.9 Å². The molecule has 0 aromatic heterocycles. The molecule has 2 aliphatic rings. The van der Waals surface area contributed by atoms with Crippen molar-refractivity contribution in [3.05, 3.63) is 24.3 Å². The van der Waals surface area contributed by atoms with Gasteiger partial charge in [-0.2, -0.15) is 0 Å². The van der Waals surface area contributed by atoms with Crippen LogP contribution in [0.4, 0.5) is 0 Å². The third-order valence-corrected chi connectivity index (χ3v) is 2.27. The van der Waals surface area contributed by atoms with Crippen LogP contribution < -0.4 is 0 Å². The molecule has 2 N–H and O–H groups in total. The summed E-state index contributed by atoms with van der Waals surface area (Å²) >= 11 is 0. The number of cyclic esters (lactones) is 2. The van der Waals surface area contributed by atoms with Crippen LogP contribution in [0.3, 0.4) is 0 Å². The lowest BCUT2D eigenvalue weighted by Crippen LogP contribution is -2.14. The lowest BCUT2D eigenvalue weighted by atomic mass is 10.4. The first-order valence-corrected chi connectivity index (χ1v) is 8.39. The van der Waals surface area contributed by atoms with Gasteiger partial charge in [0.1, 0.15) is 13.2 Å². The van der Waals surface area contributed by atoms with Crippen molar-refractivity contribution in [2.24, 2.45) is 0 Å². The fraction of sp³-hybridized carbons (Fsp3) is 0.400. The fourth-order valence-corrected chi connectivity index (χ4v) is 0.947. The lowest BCUT2D eigenvalue weighted by Gasteiger charge is -2.03. The summed E-state index contributed by atoms with van der Waals surface area (Å²) in [7, 11) is 0. The Bertz CT molecular complexity index is 671. The average molecular weight is 424 g/mol. The first kappa shape index (κ1) is 28.8. The monoisotopic (exact) mass is 424 g/mol. The summed E-state index contributed by atoms with van der Waals surface area (Å²) in [5.41, 5.74) is 0. The van der Waals surface area contributed by atoms with Gasteiger partial charge in [0.05, 0.1) is 18.8 Å². The first-order chi connectivity index (χ1) is 14.2. The van der Waals surface area contributed by atoms with E-state index in [1.54, 1.807) is 0 Å². The largest absolute Gasteiger partial charge is 0.460 e. The van der Waals surface area contributed by atoms with E-state index >= 15 is 0 Å². The van der Waals surface area contributed by atoms with Gasteiger partial charge in [-0.3, -0.25) is 0 Å². The molecule has 0 radical (unpaired) electrons. The van der Waals surface area contributed by atoms with Crippen LogP contribution in [0.15, 0.2) is 24.3 Å². The molecule has 2 aliphatic heterocycles. The van der Waals surface area contributed by atoms with Crippen molar-refractivity contribution in [3.63, 3.8) is 0 Å². The summed E-state index contributed by atoms with van der Waals surface area (Å²) < 4.78 is 17.7. The number of esters is 4. The molecule has 0 aromatic rings.